The van der Waals surface area contributed by atoms with Crippen LogP contribution >= 0.6 is 15.9 Å². The van der Waals surface area contributed by atoms with Crippen molar-refractivity contribution in [1.82, 2.24) is 0 Å². The van der Waals surface area contributed by atoms with Crippen LogP contribution in [0.3, 0.4) is 0 Å². The SMILES string of the molecule is CCOCCCC(=O)O[C@H](CC(=O)OCC)c1ccc(Br)cc1. The number of benzene rings is 1. The molecule has 0 aliphatic rings. The van der Waals surface area contributed by atoms with Gasteiger partial charge in [0.25, 0.3) is 0 Å². The number of carbonyl (C=O) groups is 2. The van der Waals surface area contributed by atoms with Gasteiger partial charge in [-0.3, -0.25) is 9.59 Å². The monoisotopic (exact) mass is 386 g/mol. The zero-order valence-electron chi connectivity index (χ0n) is 13.5. The summed E-state index contributed by atoms with van der Waals surface area (Å²) in [5.74, 6) is -0.732. The molecule has 0 unspecified atom stereocenters. The summed E-state index contributed by atoms with van der Waals surface area (Å²) < 4.78 is 16.5. The van der Waals surface area contributed by atoms with Crippen LogP contribution in [0, 0.1) is 0 Å². The van der Waals surface area contributed by atoms with Crippen molar-refractivity contribution >= 4 is 27.9 Å². The lowest BCUT2D eigenvalue weighted by Gasteiger charge is -2.18. The third-order valence-electron chi connectivity index (χ3n) is 3.05. The van der Waals surface area contributed by atoms with E-state index in [1.807, 2.05) is 31.2 Å². The summed E-state index contributed by atoms with van der Waals surface area (Å²) in [5, 5.41) is 0. The zero-order chi connectivity index (χ0) is 17.1. The van der Waals surface area contributed by atoms with Gasteiger partial charge >= 0.3 is 11.9 Å². The predicted molar refractivity (Wildman–Crippen MR) is 90.0 cm³/mol. The van der Waals surface area contributed by atoms with Crippen LogP contribution in [0.5, 0.6) is 0 Å². The largest absolute Gasteiger partial charge is 0.466 e. The molecule has 0 bridgehead atoms. The highest BCUT2D eigenvalue weighted by Gasteiger charge is 2.21. The maximum absolute atomic E-state index is 12.0. The molecule has 1 aromatic rings. The summed E-state index contributed by atoms with van der Waals surface area (Å²) in [5.41, 5.74) is 0.763. The Kier molecular flexibility index (Phi) is 9.55. The molecule has 0 radical (unpaired) electrons. The summed E-state index contributed by atoms with van der Waals surface area (Å²) in [6.45, 7) is 5.09. The summed E-state index contributed by atoms with van der Waals surface area (Å²) >= 11 is 3.36. The molecular formula is C17H23BrO5. The second kappa shape index (κ2) is 11.2. The smallest absolute Gasteiger partial charge is 0.309 e. The highest BCUT2D eigenvalue weighted by molar-refractivity contribution is 9.10. The van der Waals surface area contributed by atoms with Gasteiger partial charge in [-0.05, 0) is 38.0 Å². The standard InChI is InChI=1S/C17H23BrO5/c1-3-21-11-5-6-16(19)23-15(12-17(20)22-4-2)13-7-9-14(18)10-8-13/h7-10,15H,3-6,11-12H2,1-2H3/t15-/m1/s1. The molecule has 0 aliphatic carbocycles. The maximum Gasteiger partial charge on any atom is 0.309 e. The van der Waals surface area contributed by atoms with Gasteiger partial charge in [0.05, 0.1) is 13.0 Å². The molecule has 0 spiro atoms. The lowest BCUT2D eigenvalue weighted by Crippen LogP contribution is -2.17. The van der Waals surface area contributed by atoms with Gasteiger partial charge in [0, 0.05) is 24.1 Å². The highest BCUT2D eigenvalue weighted by Crippen LogP contribution is 2.24. The van der Waals surface area contributed by atoms with Gasteiger partial charge in [-0.1, -0.05) is 28.1 Å². The quantitative estimate of drug-likeness (QED) is 0.451. The van der Waals surface area contributed by atoms with Crippen molar-refractivity contribution in [3.63, 3.8) is 0 Å². The van der Waals surface area contributed by atoms with Crippen LogP contribution in [0.25, 0.3) is 0 Å². The van der Waals surface area contributed by atoms with E-state index in [1.165, 1.54) is 0 Å². The average Bonchev–Trinajstić information content (AvgIpc) is 2.52. The molecule has 0 amide bonds. The number of esters is 2. The molecule has 23 heavy (non-hydrogen) atoms. The van der Waals surface area contributed by atoms with E-state index in [9.17, 15) is 9.59 Å². The Morgan fingerprint density at radius 1 is 1.09 bits per heavy atom. The Morgan fingerprint density at radius 2 is 1.78 bits per heavy atom. The van der Waals surface area contributed by atoms with Gasteiger partial charge in [0.2, 0.25) is 0 Å². The first-order chi connectivity index (χ1) is 11.1. The van der Waals surface area contributed by atoms with Crippen LogP contribution in [0.4, 0.5) is 0 Å². The van der Waals surface area contributed by atoms with E-state index in [2.05, 4.69) is 15.9 Å². The van der Waals surface area contributed by atoms with E-state index in [-0.39, 0.29) is 24.8 Å². The molecule has 0 heterocycles. The molecule has 0 fully saturated rings. The third-order valence-corrected chi connectivity index (χ3v) is 3.58. The second-order valence-electron chi connectivity index (χ2n) is 4.84. The van der Waals surface area contributed by atoms with Gasteiger partial charge < -0.3 is 14.2 Å². The van der Waals surface area contributed by atoms with Crippen LogP contribution in [0.1, 0.15) is 44.8 Å². The summed E-state index contributed by atoms with van der Waals surface area (Å²) in [6.07, 6.45) is 0.225. The normalized spacial score (nSPS) is 11.8. The molecule has 128 valence electrons. The van der Waals surface area contributed by atoms with Crippen molar-refractivity contribution in [2.45, 2.75) is 39.2 Å². The number of ether oxygens (including phenoxy) is 3. The topological polar surface area (TPSA) is 61.8 Å². The van der Waals surface area contributed by atoms with E-state index in [4.69, 9.17) is 14.2 Å². The highest BCUT2D eigenvalue weighted by atomic mass is 79.9. The zero-order valence-corrected chi connectivity index (χ0v) is 15.1. The number of rotatable bonds is 10. The minimum Gasteiger partial charge on any atom is -0.466 e. The van der Waals surface area contributed by atoms with E-state index < -0.39 is 6.10 Å². The first kappa shape index (κ1) is 19.6. The van der Waals surface area contributed by atoms with Crippen LogP contribution < -0.4 is 0 Å². The first-order valence-corrected chi connectivity index (χ1v) is 8.54. The Morgan fingerprint density at radius 3 is 2.39 bits per heavy atom. The van der Waals surface area contributed by atoms with Gasteiger partial charge in [0.15, 0.2) is 0 Å². The van der Waals surface area contributed by atoms with Crippen LogP contribution in [0.15, 0.2) is 28.7 Å². The molecule has 5 nitrogen and oxygen atoms in total. The van der Waals surface area contributed by atoms with Crippen molar-refractivity contribution in [2.24, 2.45) is 0 Å². The first-order valence-electron chi connectivity index (χ1n) is 7.75. The van der Waals surface area contributed by atoms with Crippen LogP contribution in [-0.4, -0.2) is 31.8 Å². The Labute approximate surface area is 145 Å². The van der Waals surface area contributed by atoms with E-state index >= 15 is 0 Å². The summed E-state index contributed by atoms with van der Waals surface area (Å²) in [7, 11) is 0. The van der Waals surface area contributed by atoms with Gasteiger partial charge in [-0.2, -0.15) is 0 Å². The fraction of sp³-hybridized carbons (Fsp3) is 0.529. The summed E-state index contributed by atoms with van der Waals surface area (Å²) in [4.78, 5) is 23.7. The molecular weight excluding hydrogens is 364 g/mol. The average molecular weight is 387 g/mol. The number of halogens is 1. The number of hydrogen-bond acceptors (Lipinski definition) is 5. The second-order valence-corrected chi connectivity index (χ2v) is 5.76. The molecule has 0 saturated carbocycles. The van der Waals surface area contributed by atoms with Gasteiger partial charge in [-0.25, -0.2) is 0 Å². The van der Waals surface area contributed by atoms with E-state index in [0.29, 0.717) is 26.2 Å². The fourth-order valence-corrected chi connectivity index (χ4v) is 2.22. The Hall–Kier alpha value is -1.40. The molecule has 1 aromatic carbocycles. The van der Waals surface area contributed by atoms with E-state index in [1.54, 1.807) is 6.92 Å². The van der Waals surface area contributed by atoms with Gasteiger partial charge in [0.1, 0.15) is 6.10 Å². The minimum absolute atomic E-state index is 0.00662. The van der Waals surface area contributed by atoms with Crippen molar-refractivity contribution in [3.8, 4) is 0 Å². The molecule has 1 atom stereocenters. The lowest BCUT2D eigenvalue weighted by molar-refractivity contribution is -0.155. The van der Waals surface area contributed by atoms with Crippen molar-refractivity contribution in [2.75, 3.05) is 19.8 Å². The fourth-order valence-electron chi connectivity index (χ4n) is 1.96. The molecule has 0 N–H and O–H groups in total. The Balaban J connectivity index is 2.65. The summed E-state index contributed by atoms with van der Waals surface area (Å²) in [6, 6.07) is 7.33. The van der Waals surface area contributed by atoms with Crippen LogP contribution in [-0.2, 0) is 23.8 Å². The van der Waals surface area contributed by atoms with Crippen molar-refractivity contribution in [1.29, 1.82) is 0 Å². The van der Waals surface area contributed by atoms with Gasteiger partial charge in [-0.15, -0.1) is 0 Å². The van der Waals surface area contributed by atoms with Crippen molar-refractivity contribution in [3.05, 3.63) is 34.3 Å². The Bertz CT molecular complexity index is 486. The number of carbonyl (C=O) groups excluding carboxylic acids is 2. The molecule has 0 aliphatic heterocycles. The third kappa shape index (κ3) is 8.13. The predicted octanol–water partition coefficient (Wildman–Crippen LogP) is 3.80. The molecule has 1 rings (SSSR count). The number of hydrogen-bond donors (Lipinski definition) is 0. The van der Waals surface area contributed by atoms with Crippen molar-refractivity contribution < 1.29 is 23.8 Å². The molecule has 0 saturated heterocycles. The molecule has 6 heteroatoms. The van der Waals surface area contributed by atoms with Crippen LogP contribution in [0.2, 0.25) is 0 Å². The lowest BCUT2D eigenvalue weighted by atomic mass is 10.1. The maximum atomic E-state index is 12.0. The molecule has 0 aromatic heterocycles. The van der Waals surface area contributed by atoms with E-state index in [0.717, 1.165) is 10.0 Å². The minimum atomic E-state index is -0.637.